The van der Waals surface area contributed by atoms with Gasteiger partial charge in [-0.1, -0.05) is 42.5 Å². The Morgan fingerprint density at radius 2 is 1.80 bits per heavy atom. The highest BCUT2D eigenvalue weighted by Crippen LogP contribution is 2.30. The lowest BCUT2D eigenvalue weighted by atomic mass is 10.1. The first-order valence-electron chi connectivity index (χ1n) is 11.3. The number of amides is 1. The van der Waals surface area contributed by atoms with E-state index in [0.717, 1.165) is 28.3 Å². The molecule has 0 aliphatic rings. The van der Waals surface area contributed by atoms with E-state index in [1.165, 1.54) is 17.4 Å². The first-order chi connectivity index (χ1) is 16.9. The van der Waals surface area contributed by atoms with Crippen LogP contribution >= 0.6 is 11.3 Å². The van der Waals surface area contributed by atoms with E-state index >= 15 is 0 Å². The average molecular weight is 493 g/mol. The number of hydrogen-bond acceptors (Lipinski definition) is 8. The van der Waals surface area contributed by atoms with Gasteiger partial charge >= 0.3 is 0 Å². The summed E-state index contributed by atoms with van der Waals surface area (Å²) in [7, 11) is 0. The van der Waals surface area contributed by atoms with E-state index in [-0.39, 0.29) is 5.57 Å². The van der Waals surface area contributed by atoms with Crippen molar-refractivity contribution in [2.75, 3.05) is 25.1 Å². The van der Waals surface area contributed by atoms with Crippen LogP contribution in [0.25, 0.3) is 6.08 Å². The van der Waals surface area contributed by atoms with E-state index in [1.807, 2.05) is 52.0 Å². The number of nitrogens with one attached hydrogen (secondary N) is 1. The van der Waals surface area contributed by atoms with Gasteiger partial charge in [-0.15, -0.1) is 10.2 Å². The van der Waals surface area contributed by atoms with Crippen LogP contribution in [0.2, 0.25) is 0 Å². The van der Waals surface area contributed by atoms with Crippen LogP contribution in [-0.4, -0.2) is 35.9 Å². The van der Waals surface area contributed by atoms with E-state index in [0.29, 0.717) is 42.0 Å². The van der Waals surface area contributed by atoms with Crippen LogP contribution in [0.4, 0.5) is 5.13 Å². The zero-order valence-corrected chi connectivity index (χ0v) is 21.1. The highest BCUT2D eigenvalue weighted by molar-refractivity contribution is 7.15. The van der Waals surface area contributed by atoms with Crippen LogP contribution in [0.1, 0.15) is 35.5 Å². The zero-order chi connectivity index (χ0) is 25.2. The normalized spacial score (nSPS) is 11.0. The molecule has 3 aromatic rings. The SMILES string of the molecule is CCOc1cc(C=C(C#N)C(=O)Nc2nnc(CC)s2)ccc1OCCOc1c(C)cccc1C. The Morgan fingerprint density at radius 1 is 1.06 bits per heavy atom. The molecule has 0 aliphatic carbocycles. The minimum Gasteiger partial charge on any atom is -0.490 e. The third-order valence-corrected chi connectivity index (χ3v) is 5.91. The third kappa shape index (κ3) is 7.04. The molecule has 9 heteroatoms. The van der Waals surface area contributed by atoms with Crippen LogP contribution in [0.15, 0.2) is 42.0 Å². The maximum atomic E-state index is 12.5. The number of para-hydroxylation sites is 1. The van der Waals surface area contributed by atoms with Gasteiger partial charge in [0.05, 0.1) is 6.61 Å². The monoisotopic (exact) mass is 492 g/mol. The lowest BCUT2D eigenvalue weighted by Crippen LogP contribution is -2.13. The van der Waals surface area contributed by atoms with Gasteiger partial charge in [-0.05, 0) is 62.1 Å². The standard InChI is InChI=1S/C26H28N4O4S/c1-5-23-29-30-26(35-23)28-25(31)20(16-27)14-19-10-11-21(22(15-19)32-6-2)33-12-13-34-24-17(3)8-7-9-18(24)4/h7-11,14-15H,5-6,12-13H2,1-4H3,(H,28,30,31). The number of aryl methyl sites for hydroxylation is 3. The van der Waals surface area contributed by atoms with E-state index in [4.69, 9.17) is 14.2 Å². The second-order valence-electron chi connectivity index (χ2n) is 7.54. The van der Waals surface area contributed by atoms with E-state index < -0.39 is 5.91 Å². The van der Waals surface area contributed by atoms with Gasteiger partial charge in [-0.2, -0.15) is 5.26 Å². The molecule has 0 saturated heterocycles. The second kappa shape index (κ2) is 12.5. The van der Waals surface area contributed by atoms with E-state index in [1.54, 1.807) is 18.2 Å². The van der Waals surface area contributed by atoms with Crippen molar-refractivity contribution in [2.45, 2.75) is 34.1 Å². The highest BCUT2D eigenvalue weighted by Gasteiger charge is 2.14. The molecule has 0 saturated carbocycles. The Morgan fingerprint density at radius 3 is 2.46 bits per heavy atom. The molecule has 1 amide bonds. The number of carbonyl (C=O) groups is 1. The second-order valence-corrected chi connectivity index (χ2v) is 8.60. The summed E-state index contributed by atoms with van der Waals surface area (Å²) in [6.07, 6.45) is 2.22. The molecule has 1 N–H and O–H groups in total. The zero-order valence-electron chi connectivity index (χ0n) is 20.3. The lowest BCUT2D eigenvalue weighted by molar-refractivity contribution is -0.112. The number of nitrogens with zero attached hydrogens (tertiary/aromatic N) is 3. The van der Waals surface area contributed by atoms with Crippen LogP contribution in [0.3, 0.4) is 0 Å². The lowest BCUT2D eigenvalue weighted by Gasteiger charge is -2.15. The van der Waals surface area contributed by atoms with Crippen LogP contribution in [-0.2, 0) is 11.2 Å². The van der Waals surface area contributed by atoms with Gasteiger partial charge in [0.1, 0.15) is 35.6 Å². The summed E-state index contributed by atoms with van der Waals surface area (Å²) in [6, 6.07) is 13.2. The van der Waals surface area contributed by atoms with Crippen molar-refractivity contribution in [3.05, 3.63) is 63.7 Å². The summed E-state index contributed by atoms with van der Waals surface area (Å²) in [5.74, 6) is 1.39. The molecule has 1 heterocycles. The van der Waals surface area contributed by atoms with Crippen molar-refractivity contribution in [1.82, 2.24) is 10.2 Å². The molecule has 35 heavy (non-hydrogen) atoms. The van der Waals surface area contributed by atoms with Crippen molar-refractivity contribution < 1.29 is 19.0 Å². The van der Waals surface area contributed by atoms with Crippen molar-refractivity contribution in [2.24, 2.45) is 0 Å². The molecule has 0 fully saturated rings. The highest BCUT2D eigenvalue weighted by atomic mass is 32.1. The van der Waals surface area contributed by atoms with Gasteiger partial charge in [0.25, 0.3) is 5.91 Å². The fraction of sp³-hybridized carbons (Fsp3) is 0.308. The van der Waals surface area contributed by atoms with Crippen molar-refractivity contribution in [3.8, 4) is 23.3 Å². The molecule has 1 aromatic heterocycles. The summed E-state index contributed by atoms with van der Waals surface area (Å²) < 4.78 is 17.5. The van der Waals surface area contributed by atoms with Gasteiger partial charge in [-0.3, -0.25) is 10.1 Å². The van der Waals surface area contributed by atoms with Crippen LogP contribution in [0.5, 0.6) is 17.2 Å². The number of hydrogen-bond donors (Lipinski definition) is 1. The molecular weight excluding hydrogens is 464 g/mol. The largest absolute Gasteiger partial charge is 0.490 e. The third-order valence-electron chi connectivity index (χ3n) is 4.93. The molecule has 0 spiro atoms. The number of rotatable bonds is 11. The first-order valence-corrected chi connectivity index (χ1v) is 12.1. The molecule has 8 nitrogen and oxygen atoms in total. The quantitative estimate of drug-likeness (QED) is 0.225. The Kier molecular flexibility index (Phi) is 9.21. The predicted octanol–water partition coefficient (Wildman–Crippen LogP) is 5.12. The van der Waals surface area contributed by atoms with Gasteiger partial charge in [0.15, 0.2) is 11.5 Å². The Labute approximate surface area is 209 Å². The van der Waals surface area contributed by atoms with Gasteiger partial charge in [-0.25, -0.2) is 0 Å². The number of anilines is 1. The maximum Gasteiger partial charge on any atom is 0.268 e. The summed E-state index contributed by atoms with van der Waals surface area (Å²) in [5.41, 5.74) is 2.72. The molecule has 0 radical (unpaired) electrons. The summed E-state index contributed by atoms with van der Waals surface area (Å²) in [4.78, 5) is 12.5. The number of nitriles is 1. The molecule has 0 bridgehead atoms. The topological polar surface area (TPSA) is 106 Å². The van der Waals surface area contributed by atoms with Crippen molar-refractivity contribution in [3.63, 3.8) is 0 Å². The van der Waals surface area contributed by atoms with E-state index in [9.17, 15) is 10.1 Å². The maximum absolute atomic E-state index is 12.5. The van der Waals surface area contributed by atoms with Gasteiger partial charge in [0, 0.05) is 0 Å². The van der Waals surface area contributed by atoms with Crippen LogP contribution in [0, 0.1) is 25.2 Å². The summed E-state index contributed by atoms with van der Waals surface area (Å²) in [6.45, 7) is 8.99. The Hall–Kier alpha value is -3.90. The fourth-order valence-corrected chi connectivity index (χ4v) is 3.93. The molecule has 182 valence electrons. The number of aromatic nitrogens is 2. The molecule has 2 aromatic carbocycles. The fourth-order valence-electron chi connectivity index (χ4n) is 3.25. The van der Waals surface area contributed by atoms with Crippen molar-refractivity contribution >= 4 is 28.5 Å². The number of carbonyl (C=O) groups excluding carboxylic acids is 1. The number of ether oxygens (including phenoxy) is 3. The molecule has 0 aliphatic heterocycles. The number of benzene rings is 2. The average Bonchev–Trinajstić information content (AvgIpc) is 3.30. The van der Waals surface area contributed by atoms with E-state index in [2.05, 4.69) is 15.5 Å². The molecule has 0 atom stereocenters. The summed E-state index contributed by atoms with van der Waals surface area (Å²) in [5, 5.41) is 21.2. The smallest absolute Gasteiger partial charge is 0.268 e. The summed E-state index contributed by atoms with van der Waals surface area (Å²) >= 11 is 1.28. The first kappa shape index (κ1) is 25.7. The van der Waals surface area contributed by atoms with Crippen LogP contribution < -0.4 is 19.5 Å². The minimum atomic E-state index is -0.548. The Balaban J connectivity index is 1.67. The minimum absolute atomic E-state index is 0.0589. The van der Waals surface area contributed by atoms with Crippen molar-refractivity contribution in [1.29, 1.82) is 5.26 Å². The Bertz CT molecular complexity index is 1230. The van der Waals surface area contributed by atoms with Gasteiger partial charge < -0.3 is 14.2 Å². The predicted molar refractivity (Wildman–Crippen MR) is 136 cm³/mol. The molecule has 0 unspecified atom stereocenters. The molecule has 3 rings (SSSR count). The molecular formula is C26H28N4O4S. The van der Waals surface area contributed by atoms with Gasteiger partial charge in [0.2, 0.25) is 5.13 Å².